The Balaban J connectivity index is 1.58. The minimum Gasteiger partial charge on any atom is -0.493 e. The standard InChI is InChI=1S/C27H32N2O7S/c1-19(21-9-7-6-8-10-21)28-37(31,32)23-13-11-22(12-14-23)36-18-26(30)29(2)17-20-15-24(33-3)27(35-5)25(16-20)34-4/h6-16,19,28H,17-18H2,1-5H3/t19-/m1/s1. The fourth-order valence-electron chi connectivity index (χ4n) is 3.67. The molecule has 37 heavy (non-hydrogen) atoms. The normalized spacial score (nSPS) is 11.9. The lowest BCUT2D eigenvalue weighted by Crippen LogP contribution is -2.31. The first-order valence-corrected chi connectivity index (χ1v) is 13.0. The Morgan fingerprint density at radius 3 is 2.05 bits per heavy atom. The van der Waals surface area contributed by atoms with E-state index >= 15 is 0 Å². The Morgan fingerprint density at radius 1 is 0.919 bits per heavy atom. The van der Waals surface area contributed by atoms with E-state index in [0.29, 0.717) is 29.5 Å². The number of hydrogen-bond donors (Lipinski definition) is 1. The second kappa shape index (κ2) is 12.5. The van der Waals surface area contributed by atoms with Crippen LogP contribution in [-0.2, 0) is 21.4 Å². The zero-order valence-electron chi connectivity index (χ0n) is 21.6. The van der Waals surface area contributed by atoms with Gasteiger partial charge in [0.2, 0.25) is 15.8 Å². The second-order valence-corrected chi connectivity index (χ2v) is 10.0. The molecule has 0 saturated carbocycles. The molecule has 0 saturated heterocycles. The predicted molar refractivity (Wildman–Crippen MR) is 140 cm³/mol. The number of ether oxygens (including phenoxy) is 4. The molecule has 3 aromatic carbocycles. The van der Waals surface area contributed by atoms with Crippen LogP contribution in [-0.4, -0.2) is 54.2 Å². The van der Waals surface area contributed by atoms with E-state index in [1.165, 1.54) is 50.5 Å². The summed E-state index contributed by atoms with van der Waals surface area (Å²) in [5.74, 6) is 1.59. The maximum atomic E-state index is 12.7. The quantitative estimate of drug-likeness (QED) is 0.382. The number of sulfonamides is 1. The molecule has 0 heterocycles. The second-order valence-electron chi connectivity index (χ2n) is 8.30. The van der Waals surface area contributed by atoms with Crippen LogP contribution in [0.4, 0.5) is 0 Å². The fourth-order valence-corrected chi connectivity index (χ4v) is 4.90. The van der Waals surface area contributed by atoms with Gasteiger partial charge in [0.15, 0.2) is 18.1 Å². The topological polar surface area (TPSA) is 103 Å². The third kappa shape index (κ3) is 7.14. The summed E-state index contributed by atoms with van der Waals surface area (Å²) in [6.45, 7) is 1.86. The summed E-state index contributed by atoms with van der Waals surface area (Å²) in [4.78, 5) is 14.3. The number of nitrogens with one attached hydrogen (secondary N) is 1. The first-order chi connectivity index (χ1) is 17.7. The molecular formula is C27H32N2O7S. The Kier molecular flexibility index (Phi) is 9.37. The van der Waals surface area contributed by atoms with Crippen molar-refractivity contribution in [3.05, 3.63) is 77.9 Å². The maximum Gasteiger partial charge on any atom is 0.260 e. The van der Waals surface area contributed by atoms with Crippen LogP contribution in [0.1, 0.15) is 24.1 Å². The molecule has 9 nitrogen and oxygen atoms in total. The molecule has 1 amide bonds. The Bertz CT molecular complexity index is 1270. The monoisotopic (exact) mass is 528 g/mol. The minimum atomic E-state index is -3.73. The van der Waals surface area contributed by atoms with Crippen molar-refractivity contribution in [3.8, 4) is 23.0 Å². The Morgan fingerprint density at radius 2 is 1.51 bits per heavy atom. The van der Waals surface area contributed by atoms with Gasteiger partial charge in [-0.15, -0.1) is 0 Å². The summed E-state index contributed by atoms with van der Waals surface area (Å²) >= 11 is 0. The molecule has 1 atom stereocenters. The molecule has 3 rings (SSSR count). The number of methoxy groups -OCH3 is 3. The van der Waals surface area contributed by atoms with Crippen molar-refractivity contribution in [2.75, 3.05) is 35.0 Å². The van der Waals surface area contributed by atoms with Gasteiger partial charge in [-0.05, 0) is 54.4 Å². The van der Waals surface area contributed by atoms with Crippen LogP contribution >= 0.6 is 0 Å². The van der Waals surface area contributed by atoms with Crippen LogP contribution in [0.25, 0.3) is 0 Å². The van der Waals surface area contributed by atoms with Crippen molar-refractivity contribution < 1.29 is 32.2 Å². The summed E-state index contributed by atoms with van der Waals surface area (Å²) in [5, 5.41) is 0. The van der Waals surface area contributed by atoms with Crippen molar-refractivity contribution in [1.82, 2.24) is 9.62 Å². The zero-order chi connectivity index (χ0) is 27.0. The smallest absolute Gasteiger partial charge is 0.260 e. The SMILES string of the molecule is COc1cc(CN(C)C(=O)COc2ccc(S(=O)(=O)N[C@H](C)c3ccccc3)cc2)cc(OC)c1OC. The van der Waals surface area contributed by atoms with Gasteiger partial charge in [0.05, 0.1) is 26.2 Å². The molecule has 0 spiro atoms. The molecule has 3 aromatic rings. The number of carbonyl (C=O) groups is 1. The number of likely N-dealkylation sites (N-methyl/N-ethyl adjacent to an activating group) is 1. The highest BCUT2D eigenvalue weighted by Crippen LogP contribution is 2.38. The average molecular weight is 529 g/mol. The molecule has 0 fully saturated rings. The lowest BCUT2D eigenvalue weighted by Gasteiger charge is -2.20. The van der Waals surface area contributed by atoms with E-state index in [0.717, 1.165) is 11.1 Å². The summed E-state index contributed by atoms with van der Waals surface area (Å²) in [6.07, 6.45) is 0. The minimum absolute atomic E-state index is 0.105. The largest absolute Gasteiger partial charge is 0.493 e. The highest BCUT2D eigenvalue weighted by atomic mass is 32.2. The van der Waals surface area contributed by atoms with E-state index in [-0.39, 0.29) is 23.5 Å². The van der Waals surface area contributed by atoms with Gasteiger partial charge < -0.3 is 23.8 Å². The van der Waals surface area contributed by atoms with Crippen LogP contribution in [0.15, 0.2) is 71.6 Å². The Labute approximate surface area is 218 Å². The van der Waals surface area contributed by atoms with E-state index in [1.807, 2.05) is 30.3 Å². The summed E-state index contributed by atoms with van der Waals surface area (Å²) in [5.41, 5.74) is 1.65. The summed E-state index contributed by atoms with van der Waals surface area (Å²) < 4.78 is 49.8. The first kappa shape index (κ1) is 27.8. The number of benzene rings is 3. The molecule has 0 radical (unpaired) electrons. The molecule has 198 valence electrons. The van der Waals surface area contributed by atoms with Gasteiger partial charge in [0.1, 0.15) is 5.75 Å². The van der Waals surface area contributed by atoms with E-state index in [9.17, 15) is 13.2 Å². The van der Waals surface area contributed by atoms with E-state index < -0.39 is 10.0 Å². The molecule has 0 aromatic heterocycles. The third-order valence-corrected chi connectivity index (χ3v) is 7.25. The molecular weight excluding hydrogens is 496 g/mol. The van der Waals surface area contributed by atoms with Crippen LogP contribution in [0.3, 0.4) is 0 Å². The molecule has 0 aliphatic carbocycles. The van der Waals surface area contributed by atoms with E-state index in [4.69, 9.17) is 18.9 Å². The highest BCUT2D eigenvalue weighted by molar-refractivity contribution is 7.89. The van der Waals surface area contributed by atoms with Crippen molar-refractivity contribution in [1.29, 1.82) is 0 Å². The zero-order valence-corrected chi connectivity index (χ0v) is 22.4. The van der Waals surface area contributed by atoms with Crippen molar-refractivity contribution in [3.63, 3.8) is 0 Å². The summed E-state index contributed by atoms with van der Waals surface area (Å²) in [6, 6.07) is 18.4. The predicted octanol–water partition coefficient (Wildman–Crippen LogP) is 3.79. The van der Waals surface area contributed by atoms with Crippen LogP contribution in [0.2, 0.25) is 0 Å². The molecule has 0 aliphatic rings. The lowest BCUT2D eigenvalue weighted by atomic mass is 10.1. The van der Waals surface area contributed by atoms with Gasteiger partial charge in [-0.25, -0.2) is 13.1 Å². The number of carbonyl (C=O) groups excluding carboxylic acids is 1. The Hall–Kier alpha value is -3.76. The highest BCUT2D eigenvalue weighted by Gasteiger charge is 2.19. The first-order valence-electron chi connectivity index (χ1n) is 11.5. The van der Waals surface area contributed by atoms with Gasteiger partial charge in [-0.3, -0.25) is 4.79 Å². The van der Waals surface area contributed by atoms with Gasteiger partial charge in [-0.1, -0.05) is 30.3 Å². The lowest BCUT2D eigenvalue weighted by molar-refractivity contribution is -0.132. The van der Waals surface area contributed by atoms with Crippen molar-refractivity contribution in [2.45, 2.75) is 24.4 Å². The van der Waals surface area contributed by atoms with Gasteiger partial charge in [0.25, 0.3) is 5.91 Å². The maximum absolute atomic E-state index is 12.7. The van der Waals surface area contributed by atoms with E-state index in [2.05, 4.69) is 4.72 Å². The number of amides is 1. The van der Waals surface area contributed by atoms with Gasteiger partial charge >= 0.3 is 0 Å². The number of rotatable bonds is 12. The molecule has 1 N–H and O–H groups in total. The molecule has 0 unspecified atom stereocenters. The van der Waals surface area contributed by atoms with Crippen LogP contribution in [0, 0.1) is 0 Å². The fraction of sp³-hybridized carbons (Fsp3) is 0.296. The molecule has 0 aliphatic heterocycles. The molecule has 0 bridgehead atoms. The van der Waals surface area contributed by atoms with Gasteiger partial charge in [-0.2, -0.15) is 0 Å². The average Bonchev–Trinajstić information content (AvgIpc) is 2.91. The third-order valence-electron chi connectivity index (χ3n) is 5.70. The van der Waals surface area contributed by atoms with Crippen LogP contribution in [0.5, 0.6) is 23.0 Å². The van der Waals surface area contributed by atoms with Crippen LogP contribution < -0.4 is 23.7 Å². The number of nitrogens with zero attached hydrogens (tertiary/aromatic N) is 1. The van der Waals surface area contributed by atoms with E-state index in [1.54, 1.807) is 26.1 Å². The summed E-state index contributed by atoms with van der Waals surface area (Å²) in [7, 11) is 2.51. The van der Waals surface area contributed by atoms with Crippen molar-refractivity contribution in [2.24, 2.45) is 0 Å². The number of hydrogen-bond acceptors (Lipinski definition) is 7. The molecule has 10 heteroatoms. The van der Waals surface area contributed by atoms with Crippen molar-refractivity contribution >= 4 is 15.9 Å². The van der Waals surface area contributed by atoms with Gasteiger partial charge in [0, 0.05) is 19.6 Å².